The Balaban J connectivity index is 0.00000338. The number of nitrogens with zero attached hydrogens (tertiary/aromatic N) is 1. The molecule has 0 spiro atoms. The SMILES string of the molecule is CN=C(NCc1cccc(F)c1)NCc1cccc(S(=O)(=O)NC)c1.I. The third-order valence-electron chi connectivity index (χ3n) is 3.51. The van der Waals surface area contributed by atoms with Gasteiger partial charge in [-0.1, -0.05) is 24.3 Å². The average molecular weight is 492 g/mol. The van der Waals surface area contributed by atoms with Gasteiger partial charge in [0.2, 0.25) is 10.0 Å². The second kappa shape index (κ2) is 10.4. The Morgan fingerprint density at radius 3 is 2.15 bits per heavy atom. The molecule has 26 heavy (non-hydrogen) atoms. The summed E-state index contributed by atoms with van der Waals surface area (Å²) in [4.78, 5) is 4.30. The van der Waals surface area contributed by atoms with Crippen molar-refractivity contribution in [3.05, 3.63) is 65.5 Å². The Hall–Kier alpha value is -1.72. The Morgan fingerprint density at radius 2 is 1.62 bits per heavy atom. The number of benzene rings is 2. The summed E-state index contributed by atoms with van der Waals surface area (Å²) in [7, 11) is -0.473. The van der Waals surface area contributed by atoms with Crippen molar-refractivity contribution in [1.29, 1.82) is 0 Å². The van der Waals surface area contributed by atoms with Crippen molar-refractivity contribution in [2.45, 2.75) is 18.0 Å². The molecule has 0 amide bonds. The van der Waals surface area contributed by atoms with Gasteiger partial charge in [-0.05, 0) is 42.4 Å². The summed E-state index contributed by atoms with van der Waals surface area (Å²) in [6.07, 6.45) is 0. The lowest BCUT2D eigenvalue weighted by Crippen LogP contribution is -2.36. The molecule has 142 valence electrons. The molecule has 0 radical (unpaired) electrons. The third kappa shape index (κ3) is 6.54. The van der Waals surface area contributed by atoms with E-state index in [0.29, 0.717) is 19.0 Å². The standard InChI is InChI=1S/C17H21FN4O2S.HI/c1-19-17(21-11-13-5-3-7-15(18)9-13)22-12-14-6-4-8-16(10-14)25(23,24)20-2;/h3-10,20H,11-12H2,1-2H3,(H2,19,21,22);1H. The first-order valence-corrected chi connectivity index (χ1v) is 9.14. The molecular weight excluding hydrogens is 470 g/mol. The van der Waals surface area contributed by atoms with E-state index in [1.165, 1.54) is 25.2 Å². The largest absolute Gasteiger partial charge is 0.352 e. The van der Waals surface area contributed by atoms with E-state index in [0.717, 1.165) is 11.1 Å². The molecule has 0 fully saturated rings. The summed E-state index contributed by atoms with van der Waals surface area (Å²) in [6.45, 7) is 0.821. The number of aliphatic imine (C=N–C) groups is 1. The van der Waals surface area contributed by atoms with Crippen LogP contribution in [0.3, 0.4) is 0 Å². The minimum absolute atomic E-state index is 0. The molecule has 3 N–H and O–H groups in total. The molecule has 0 saturated heterocycles. The van der Waals surface area contributed by atoms with Crippen molar-refractivity contribution in [1.82, 2.24) is 15.4 Å². The summed E-state index contributed by atoms with van der Waals surface area (Å²) >= 11 is 0. The van der Waals surface area contributed by atoms with Gasteiger partial charge >= 0.3 is 0 Å². The third-order valence-corrected chi connectivity index (χ3v) is 4.92. The number of hydrogen-bond donors (Lipinski definition) is 3. The van der Waals surface area contributed by atoms with Crippen molar-refractivity contribution >= 4 is 40.0 Å². The predicted octanol–water partition coefficient (Wildman–Crippen LogP) is 2.22. The zero-order valence-corrected chi connectivity index (χ0v) is 17.6. The molecule has 0 aliphatic carbocycles. The molecule has 9 heteroatoms. The van der Waals surface area contributed by atoms with Crippen LogP contribution in [-0.4, -0.2) is 28.5 Å². The van der Waals surface area contributed by atoms with Crippen molar-refractivity contribution in [2.24, 2.45) is 4.99 Å². The molecule has 0 aromatic heterocycles. The van der Waals surface area contributed by atoms with Gasteiger partial charge in [0.1, 0.15) is 5.82 Å². The first-order valence-electron chi connectivity index (χ1n) is 7.66. The van der Waals surface area contributed by atoms with Gasteiger partial charge in [0.25, 0.3) is 0 Å². The topological polar surface area (TPSA) is 82.6 Å². The van der Waals surface area contributed by atoms with Crippen molar-refractivity contribution in [2.75, 3.05) is 14.1 Å². The lowest BCUT2D eigenvalue weighted by Gasteiger charge is -2.12. The monoisotopic (exact) mass is 492 g/mol. The summed E-state index contributed by atoms with van der Waals surface area (Å²) in [5.74, 6) is 0.246. The molecule has 0 unspecified atom stereocenters. The van der Waals surface area contributed by atoms with Crippen LogP contribution in [0.15, 0.2) is 58.4 Å². The molecule has 0 bridgehead atoms. The smallest absolute Gasteiger partial charge is 0.240 e. The average Bonchev–Trinajstić information content (AvgIpc) is 2.62. The van der Waals surface area contributed by atoms with E-state index >= 15 is 0 Å². The van der Waals surface area contributed by atoms with Gasteiger partial charge < -0.3 is 10.6 Å². The number of halogens is 2. The molecular formula is C17H22FIN4O2S. The normalized spacial score (nSPS) is 11.6. The minimum atomic E-state index is -3.47. The first kappa shape index (κ1) is 22.3. The maximum Gasteiger partial charge on any atom is 0.240 e. The predicted molar refractivity (Wildman–Crippen MR) is 112 cm³/mol. The van der Waals surface area contributed by atoms with Crippen LogP contribution in [-0.2, 0) is 23.1 Å². The zero-order valence-electron chi connectivity index (χ0n) is 14.5. The highest BCUT2D eigenvalue weighted by Gasteiger charge is 2.11. The fourth-order valence-corrected chi connectivity index (χ4v) is 2.98. The van der Waals surface area contributed by atoms with E-state index in [4.69, 9.17) is 0 Å². The highest BCUT2D eigenvalue weighted by molar-refractivity contribution is 14.0. The lowest BCUT2D eigenvalue weighted by atomic mass is 10.2. The molecule has 0 heterocycles. The van der Waals surface area contributed by atoms with Gasteiger partial charge in [0.05, 0.1) is 4.90 Å². The lowest BCUT2D eigenvalue weighted by molar-refractivity contribution is 0.588. The number of rotatable bonds is 6. The molecule has 6 nitrogen and oxygen atoms in total. The number of nitrogens with one attached hydrogen (secondary N) is 3. The van der Waals surface area contributed by atoms with Crippen LogP contribution < -0.4 is 15.4 Å². The van der Waals surface area contributed by atoms with E-state index in [1.807, 2.05) is 12.1 Å². The summed E-state index contributed by atoms with van der Waals surface area (Å²) < 4.78 is 39.1. The maximum atomic E-state index is 13.2. The number of guanidine groups is 1. The Labute approximate surface area is 170 Å². The van der Waals surface area contributed by atoms with E-state index in [-0.39, 0.29) is 34.7 Å². The van der Waals surface area contributed by atoms with E-state index in [9.17, 15) is 12.8 Å². The quantitative estimate of drug-likeness (QED) is 0.328. The molecule has 0 atom stereocenters. The summed E-state index contributed by atoms with van der Waals surface area (Å²) in [6, 6.07) is 12.9. The van der Waals surface area contributed by atoms with E-state index < -0.39 is 10.0 Å². The highest BCUT2D eigenvalue weighted by Crippen LogP contribution is 2.11. The van der Waals surface area contributed by atoms with Gasteiger partial charge in [-0.2, -0.15) is 0 Å². The molecule has 2 aromatic carbocycles. The molecule has 0 saturated carbocycles. The fourth-order valence-electron chi connectivity index (χ4n) is 2.18. The number of hydrogen-bond acceptors (Lipinski definition) is 3. The van der Waals surface area contributed by atoms with Crippen LogP contribution in [0.1, 0.15) is 11.1 Å². The fraction of sp³-hybridized carbons (Fsp3) is 0.235. The van der Waals surface area contributed by atoms with Crippen LogP contribution >= 0.6 is 24.0 Å². The Kier molecular flexibility index (Phi) is 8.96. The van der Waals surface area contributed by atoms with Crippen LogP contribution in [0.5, 0.6) is 0 Å². The van der Waals surface area contributed by atoms with E-state index in [1.54, 1.807) is 25.2 Å². The number of sulfonamides is 1. The maximum absolute atomic E-state index is 13.2. The second-order valence-electron chi connectivity index (χ2n) is 5.26. The molecule has 2 aromatic rings. The van der Waals surface area contributed by atoms with Gasteiger partial charge in [0.15, 0.2) is 5.96 Å². The molecule has 2 rings (SSSR count). The highest BCUT2D eigenvalue weighted by atomic mass is 127. The minimum Gasteiger partial charge on any atom is -0.352 e. The molecule has 0 aliphatic heterocycles. The van der Waals surface area contributed by atoms with Crippen LogP contribution in [0.25, 0.3) is 0 Å². The van der Waals surface area contributed by atoms with E-state index in [2.05, 4.69) is 20.3 Å². The second-order valence-corrected chi connectivity index (χ2v) is 7.15. The Morgan fingerprint density at radius 1 is 1.04 bits per heavy atom. The Bertz CT molecular complexity index is 859. The van der Waals surface area contributed by atoms with Crippen LogP contribution in [0, 0.1) is 5.82 Å². The summed E-state index contributed by atoms with van der Waals surface area (Å²) in [5, 5.41) is 6.18. The summed E-state index contributed by atoms with van der Waals surface area (Å²) in [5.41, 5.74) is 1.59. The van der Waals surface area contributed by atoms with Crippen molar-refractivity contribution < 1.29 is 12.8 Å². The van der Waals surface area contributed by atoms with Gasteiger partial charge in [-0.25, -0.2) is 17.5 Å². The van der Waals surface area contributed by atoms with Gasteiger partial charge in [0, 0.05) is 20.1 Å². The van der Waals surface area contributed by atoms with Crippen molar-refractivity contribution in [3.8, 4) is 0 Å². The molecule has 0 aliphatic rings. The van der Waals surface area contributed by atoms with Crippen LogP contribution in [0.2, 0.25) is 0 Å². The van der Waals surface area contributed by atoms with Gasteiger partial charge in [-0.15, -0.1) is 24.0 Å². The van der Waals surface area contributed by atoms with Crippen LogP contribution in [0.4, 0.5) is 4.39 Å². The zero-order chi connectivity index (χ0) is 18.3. The van der Waals surface area contributed by atoms with Gasteiger partial charge in [-0.3, -0.25) is 4.99 Å². The van der Waals surface area contributed by atoms with Crippen molar-refractivity contribution in [3.63, 3.8) is 0 Å². The first-order chi connectivity index (χ1) is 11.9.